The highest BCUT2D eigenvalue weighted by atomic mass is 16.1. The van der Waals surface area contributed by atoms with Crippen molar-refractivity contribution < 1.29 is 4.79 Å². The Morgan fingerprint density at radius 3 is 2.50 bits per heavy atom. The van der Waals surface area contributed by atoms with E-state index in [0.717, 1.165) is 25.7 Å². The van der Waals surface area contributed by atoms with Gasteiger partial charge in [0.1, 0.15) is 0 Å². The summed E-state index contributed by atoms with van der Waals surface area (Å²) in [6.07, 6.45) is 4.79. The summed E-state index contributed by atoms with van der Waals surface area (Å²) < 4.78 is 0. The molecule has 4 nitrogen and oxygen atoms in total. The van der Waals surface area contributed by atoms with Crippen LogP contribution in [0.1, 0.15) is 39.0 Å². The van der Waals surface area contributed by atoms with Gasteiger partial charge in [-0.2, -0.15) is 0 Å². The van der Waals surface area contributed by atoms with Crippen LogP contribution in [0.4, 0.5) is 0 Å². The van der Waals surface area contributed by atoms with Crippen LogP contribution in [0.5, 0.6) is 0 Å². The number of nitrogens with one attached hydrogen (secondary N) is 1. The van der Waals surface area contributed by atoms with Crippen LogP contribution < -0.4 is 11.1 Å². The molecule has 0 aromatic heterocycles. The Balaban J connectivity index is 2.25. The zero-order chi connectivity index (χ0) is 12.2. The van der Waals surface area contributed by atoms with Gasteiger partial charge in [0.2, 0.25) is 5.91 Å². The molecule has 94 valence electrons. The van der Waals surface area contributed by atoms with Gasteiger partial charge < -0.3 is 16.0 Å². The molecule has 1 aliphatic rings. The molecule has 1 atom stereocenters. The average molecular weight is 227 g/mol. The Bertz CT molecular complexity index is 234. The summed E-state index contributed by atoms with van der Waals surface area (Å²) in [4.78, 5) is 13.8. The molecule has 1 aliphatic carbocycles. The number of amides is 1. The first kappa shape index (κ1) is 13.5. The number of hydrogen-bond donors (Lipinski definition) is 2. The predicted octanol–water partition coefficient (Wildman–Crippen LogP) is 0.714. The van der Waals surface area contributed by atoms with Crippen molar-refractivity contribution in [2.75, 3.05) is 20.6 Å². The van der Waals surface area contributed by atoms with Gasteiger partial charge in [-0.05, 0) is 33.9 Å². The van der Waals surface area contributed by atoms with Crippen molar-refractivity contribution in [3.8, 4) is 0 Å². The second-order valence-electron chi connectivity index (χ2n) is 5.36. The minimum absolute atomic E-state index is 0.0955. The second kappa shape index (κ2) is 5.64. The molecule has 0 aromatic rings. The number of nitrogens with zero attached hydrogens (tertiary/aromatic N) is 1. The van der Waals surface area contributed by atoms with E-state index in [-0.39, 0.29) is 11.4 Å². The van der Waals surface area contributed by atoms with Crippen molar-refractivity contribution >= 4 is 5.91 Å². The van der Waals surface area contributed by atoms with Crippen LogP contribution in [0.2, 0.25) is 0 Å². The number of rotatable bonds is 5. The number of nitrogens with two attached hydrogens (primary N) is 1. The molecule has 1 unspecified atom stereocenters. The molecule has 4 heteroatoms. The van der Waals surface area contributed by atoms with Gasteiger partial charge in [-0.3, -0.25) is 4.79 Å². The summed E-state index contributed by atoms with van der Waals surface area (Å²) in [6, 6.07) is 0.362. The van der Waals surface area contributed by atoms with Gasteiger partial charge in [0.15, 0.2) is 0 Å². The molecule has 3 N–H and O–H groups in total. The summed E-state index contributed by atoms with van der Waals surface area (Å²) in [5.74, 6) is 0.0955. The number of carbonyl (C=O) groups excluding carboxylic acids is 1. The quantitative estimate of drug-likeness (QED) is 0.727. The van der Waals surface area contributed by atoms with E-state index < -0.39 is 0 Å². The number of carbonyl (C=O) groups is 1. The van der Waals surface area contributed by atoms with E-state index in [1.165, 1.54) is 0 Å². The van der Waals surface area contributed by atoms with Crippen molar-refractivity contribution in [3.05, 3.63) is 0 Å². The summed E-state index contributed by atoms with van der Waals surface area (Å²) >= 11 is 0. The Morgan fingerprint density at radius 1 is 1.44 bits per heavy atom. The lowest BCUT2D eigenvalue weighted by Crippen LogP contribution is -2.44. The third-order valence-electron chi connectivity index (χ3n) is 3.59. The molecule has 0 spiro atoms. The van der Waals surface area contributed by atoms with E-state index in [1.54, 1.807) is 0 Å². The Hall–Kier alpha value is -0.610. The van der Waals surface area contributed by atoms with Gasteiger partial charge in [-0.25, -0.2) is 0 Å². The maximum Gasteiger partial charge on any atom is 0.221 e. The Labute approximate surface area is 98.6 Å². The molecule has 0 saturated heterocycles. The molecule has 1 amide bonds. The largest absolute Gasteiger partial charge is 0.354 e. The maximum atomic E-state index is 11.7. The standard InChI is InChI=1S/C12H25N3O/c1-10(15(2)3)9-14-11(16)8-12(13)6-4-5-7-12/h10H,4-9,13H2,1-3H3,(H,14,16). The zero-order valence-electron chi connectivity index (χ0n) is 10.8. The summed E-state index contributed by atoms with van der Waals surface area (Å²) in [5.41, 5.74) is 5.92. The van der Waals surface area contributed by atoms with Crippen LogP contribution in [0, 0.1) is 0 Å². The lowest BCUT2D eigenvalue weighted by atomic mass is 9.94. The first-order valence-corrected chi connectivity index (χ1v) is 6.15. The van der Waals surface area contributed by atoms with Gasteiger partial charge in [-0.15, -0.1) is 0 Å². The van der Waals surface area contributed by atoms with E-state index in [0.29, 0.717) is 19.0 Å². The van der Waals surface area contributed by atoms with Crippen LogP contribution >= 0.6 is 0 Å². The highest BCUT2D eigenvalue weighted by Crippen LogP contribution is 2.29. The molecule has 0 radical (unpaired) electrons. The molecule has 1 saturated carbocycles. The Morgan fingerprint density at radius 2 is 2.00 bits per heavy atom. The normalized spacial score (nSPS) is 21.1. The highest BCUT2D eigenvalue weighted by Gasteiger charge is 2.31. The first-order valence-electron chi connectivity index (χ1n) is 6.15. The molecular weight excluding hydrogens is 202 g/mol. The second-order valence-corrected chi connectivity index (χ2v) is 5.36. The van der Waals surface area contributed by atoms with Crippen LogP contribution in [-0.2, 0) is 4.79 Å². The van der Waals surface area contributed by atoms with E-state index in [4.69, 9.17) is 5.73 Å². The number of hydrogen-bond acceptors (Lipinski definition) is 3. The van der Waals surface area contributed by atoms with Crippen LogP contribution in [0.3, 0.4) is 0 Å². The minimum atomic E-state index is -0.231. The predicted molar refractivity (Wildman–Crippen MR) is 66.2 cm³/mol. The minimum Gasteiger partial charge on any atom is -0.354 e. The molecule has 1 rings (SSSR count). The van der Waals surface area contributed by atoms with Gasteiger partial charge in [0.25, 0.3) is 0 Å². The van der Waals surface area contributed by atoms with Crippen LogP contribution in [0.25, 0.3) is 0 Å². The van der Waals surface area contributed by atoms with Crippen molar-refractivity contribution in [2.45, 2.75) is 50.6 Å². The van der Waals surface area contributed by atoms with Crippen molar-refractivity contribution in [1.29, 1.82) is 0 Å². The maximum absolute atomic E-state index is 11.7. The van der Waals surface area contributed by atoms with Crippen molar-refractivity contribution in [1.82, 2.24) is 10.2 Å². The number of likely N-dealkylation sites (N-methyl/N-ethyl adjacent to an activating group) is 1. The lowest BCUT2D eigenvalue weighted by Gasteiger charge is -2.24. The van der Waals surface area contributed by atoms with Gasteiger partial charge in [0, 0.05) is 24.5 Å². The van der Waals surface area contributed by atoms with E-state index in [9.17, 15) is 4.79 Å². The molecule has 0 aromatic carbocycles. The lowest BCUT2D eigenvalue weighted by molar-refractivity contribution is -0.122. The summed E-state index contributed by atoms with van der Waals surface area (Å²) in [6.45, 7) is 2.79. The zero-order valence-corrected chi connectivity index (χ0v) is 10.8. The van der Waals surface area contributed by atoms with Gasteiger partial charge in [-0.1, -0.05) is 12.8 Å². The summed E-state index contributed by atoms with van der Waals surface area (Å²) in [7, 11) is 4.02. The first-order chi connectivity index (χ1) is 7.43. The van der Waals surface area contributed by atoms with Crippen molar-refractivity contribution in [3.63, 3.8) is 0 Å². The van der Waals surface area contributed by atoms with E-state index in [2.05, 4.69) is 17.1 Å². The van der Waals surface area contributed by atoms with E-state index >= 15 is 0 Å². The molecule has 0 aliphatic heterocycles. The van der Waals surface area contributed by atoms with Gasteiger partial charge >= 0.3 is 0 Å². The smallest absolute Gasteiger partial charge is 0.221 e. The highest BCUT2D eigenvalue weighted by molar-refractivity contribution is 5.77. The molecule has 16 heavy (non-hydrogen) atoms. The molecule has 1 fully saturated rings. The molecule has 0 bridgehead atoms. The molecular formula is C12H25N3O. The fourth-order valence-corrected chi connectivity index (χ4v) is 2.08. The van der Waals surface area contributed by atoms with Crippen molar-refractivity contribution in [2.24, 2.45) is 5.73 Å². The fraction of sp³-hybridized carbons (Fsp3) is 0.917. The monoisotopic (exact) mass is 227 g/mol. The molecule has 0 heterocycles. The average Bonchev–Trinajstić information content (AvgIpc) is 2.60. The summed E-state index contributed by atoms with van der Waals surface area (Å²) in [5, 5.41) is 2.96. The van der Waals surface area contributed by atoms with Crippen LogP contribution in [-0.4, -0.2) is 43.0 Å². The van der Waals surface area contributed by atoms with Crippen LogP contribution in [0.15, 0.2) is 0 Å². The SMILES string of the molecule is CC(CNC(=O)CC1(N)CCCC1)N(C)C. The Kier molecular flexibility index (Phi) is 4.74. The van der Waals surface area contributed by atoms with Gasteiger partial charge in [0.05, 0.1) is 0 Å². The fourth-order valence-electron chi connectivity index (χ4n) is 2.08. The van der Waals surface area contributed by atoms with E-state index in [1.807, 2.05) is 14.1 Å². The third kappa shape index (κ3) is 4.10. The topological polar surface area (TPSA) is 58.4 Å². The third-order valence-corrected chi connectivity index (χ3v) is 3.59.